The maximum absolute atomic E-state index is 5.51. The lowest BCUT2D eigenvalue weighted by Gasteiger charge is -2.21. The Morgan fingerprint density at radius 1 is 1.28 bits per heavy atom. The summed E-state index contributed by atoms with van der Waals surface area (Å²) in [5, 5.41) is 3.64. The molecule has 1 N–H and O–H groups in total. The van der Waals surface area contributed by atoms with Gasteiger partial charge in [-0.05, 0) is 37.8 Å². The first-order valence-electron chi connectivity index (χ1n) is 6.75. The van der Waals surface area contributed by atoms with Gasteiger partial charge in [0.2, 0.25) is 0 Å². The average molecular weight is 249 g/mol. The molecule has 1 aliphatic rings. The van der Waals surface area contributed by atoms with Crippen molar-refractivity contribution in [2.45, 2.75) is 32.2 Å². The number of rotatable bonds is 7. The second-order valence-corrected chi connectivity index (χ2v) is 4.88. The van der Waals surface area contributed by atoms with Crippen LogP contribution in [0, 0.1) is 5.92 Å². The van der Waals surface area contributed by atoms with E-state index >= 15 is 0 Å². The largest absolute Gasteiger partial charge is 0.497 e. The van der Waals surface area contributed by atoms with E-state index in [1.807, 2.05) is 12.1 Å². The normalized spacial score (nSPS) is 16.4. The fraction of sp³-hybridized carbons (Fsp3) is 0.600. The van der Waals surface area contributed by atoms with Gasteiger partial charge in [0.25, 0.3) is 0 Å². The molecule has 0 radical (unpaired) electrons. The van der Waals surface area contributed by atoms with Crippen LogP contribution in [0.3, 0.4) is 0 Å². The zero-order valence-corrected chi connectivity index (χ0v) is 11.5. The van der Waals surface area contributed by atoms with Gasteiger partial charge in [0.1, 0.15) is 11.5 Å². The van der Waals surface area contributed by atoms with Gasteiger partial charge in [-0.15, -0.1) is 0 Å². The molecule has 18 heavy (non-hydrogen) atoms. The Kier molecular flexibility index (Phi) is 4.48. The van der Waals surface area contributed by atoms with E-state index in [9.17, 15) is 0 Å². The summed E-state index contributed by atoms with van der Waals surface area (Å²) in [6.45, 7) is 3.25. The topological polar surface area (TPSA) is 30.5 Å². The summed E-state index contributed by atoms with van der Waals surface area (Å²) in [5.41, 5.74) is 1.26. The van der Waals surface area contributed by atoms with Crippen LogP contribution in [0.5, 0.6) is 11.5 Å². The Bertz CT molecular complexity index is 388. The highest BCUT2D eigenvalue weighted by Gasteiger charge is 2.33. The second-order valence-electron chi connectivity index (χ2n) is 4.88. The maximum atomic E-state index is 5.51. The molecule has 0 amide bonds. The second kappa shape index (κ2) is 6.10. The summed E-state index contributed by atoms with van der Waals surface area (Å²) in [7, 11) is 3.41. The molecule has 3 nitrogen and oxygen atoms in total. The van der Waals surface area contributed by atoms with E-state index in [4.69, 9.17) is 9.47 Å². The molecule has 100 valence electrons. The van der Waals surface area contributed by atoms with Gasteiger partial charge in [-0.1, -0.05) is 13.0 Å². The Morgan fingerprint density at radius 2 is 2.06 bits per heavy atom. The molecule has 0 saturated heterocycles. The molecular formula is C15H23NO2. The molecule has 0 spiro atoms. The first kappa shape index (κ1) is 13.2. The first-order valence-corrected chi connectivity index (χ1v) is 6.75. The van der Waals surface area contributed by atoms with Crippen LogP contribution in [0.4, 0.5) is 0 Å². The van der Waals surface area contributed by atoms with Crippen LogP contribution in [0.2, 0.25) is 0 Å². The number of benzene rings is 1. The van der Waals surface area contributed by atoms with Crippen molar-refractivity contribution in [1.29, 1.82) is 0 Å². The Morgan fingerprint density at radius 3 is 2.61 bits per heavy atom. The number of methoxy groups -OCH3 is 2. The van der Waals surface area contributed by atoms with Crippen molar-refractivity contribution >= 4 is 0 Å². The summed E-state index contributed by atoms with van der Waals surface area (Å²) in [5.74, 6) is 2.54. The van der Waals surface area contributed by atoms with Crippen molar-refractivity contribution in [2.24, 2.45) is 5.92 Å². The van der Waals surface area contributed by atoms with E-state index in [2.05, 4.69) is 18.3 Å². The average Bonchev–Trinajstić information content (AvgIpc) is 3.24. The SMILES string of the molecule is CCCNC(c1ccc(OC)cc1OC)C1CC1. The molecule has 3 heteroatoms. The summed E-state index contributed by atoms with van der Waals surface area (Å²) in [4.78, 5) is 0. The lowest BCUT2D eigenvalue weighted by molar-refractivity contribution is 0.379. The van der Waals surface area contributed by atoms with Gasteiger partial charge in [-0.3, -0.25) is 0 Å². The number of nitrogens with one attached hydrogen (secondary N) is 1. The summed E-state index contributed by atoms with van der Waals surface area (Å²) in [6, 6.07) is 6.54. The lowest BCUT2D eigenvalue weighted by atomic mass is 10.0. The molecule has 0 bridgehead atoms. The molecule has 2 rings (SSSR count). The van der Waals surface area contributed by atoms with Crippen molar-refractivity contribution in [3.05, 3.63) is 23.8 Å². The van der Waals surface area contributed by atoms with Crippen molar-refractivity contribution < 1.29 is 9.47 Å². The van der Waals surface area contributed by atoms with E-state index < -0.39 is 0 Å². The zero-order valence-electron chi connectivity index (χ0n) is 11.5. The van der Waals surface area contributed by atoms with Crippen molar-refractivity contribution in [3.8, 4) is 11.5 Å². The summed E-state index contributed by atoms with van der Waals surface area (Å²) >= 11 is 0. The van der Waals surface area contributed by atoms with E-state index in [1.54, 1.807) is 14.2 Å². The van der Waals surface area contributed by atoms with E-state index in [0.717, 1.165) is 30.4 Å². The van der Waals surface area contributed by atoms with Crippen LogP contribution in [0.1, 0.15) is 37.8 Å². The van der Waals surface area contributed by atoms with Crippen molar-refractivity contribution in [2.75, 3.05) is 20.8 Å². The van der Waals surface area contributed by atoms with Gasteiger partial charge in [0, 0.05) is 17.7 Å². The molecule has 1 saturated carbocycles. The van der Waals surface area contributed by atoms with Gasteiger partial charge in [-0.2, -0.15) is 0 Å². The highest BCUT2D eigenvalue weighted by molar-refractivity contribution is 5.43. The van der Waals surface area contributed by atoms with Crippen LogP contribution in [-0.2, 0) is 0 Å². The predicted octanol–water partition coefficient (Wildman–Crippen LogP) is 3.15. The molecule has 1 aromatic rings. The molecule has 1 unspecified atom stereocenters. The molecule has 1 fully saturated rings. The molecule has 1 aliphatic carbocycles. The lowest BCUT2D eigenvalue weighted by Crippen LogP contribution is -2.24. The molecule has 0 heterocycles. The fourth-order valence-corrected chi connectivity index (χ4v) is 2.34. The van der Waals surface area contributed by atoms with Crippen molar-refractivity contribution in [1.82, 2.24) is 5.32 Å². The first-order chi connectivity index (χ1) is 8.80. The zero-order chi connectivity index (χ0) is 13.0. The smallest absolute Gasteiger partial charge is 0.127 e. The van der Waals surface area contributed by atoms with Gasteiger partial charge in [0.15, 0.2) is 0 Å². The van der Waals surface area contributed by atoms with Crippen LogP contribution >= 0.6 is 0 Å². The van der Waals surface area contributed by atoms with Gasteiger partial charge < -0.3 is 14.8 Å². The van der Waals surface area contributed by atoms with Gasteiger partial charge >= 0.3 is 0 Å². The van der Waals surface area contributed by atoms with E-state index in [-0.39, 0.29) is 0 Å². The number of hydrogen-bond acceptors (Lipinski definition) is 3. The summed E-state index contributed by atoms with van der Waals surface area (Å²) in [6.07, 6.45) is 3.79. The number of ether oxygens (including phenoxy) is 2. The molecule has 1 atom stereocenters. The summed E-state index contributed by atoms with van der Waals surface area (Å²) < 4.78 is 10.8. The third-order valence-electron chi connectivity index (χ3n) is 3.48. The maximum Gasteiger partial charge on any atom is 0.127 e. The quantitative estimate of drug-likeness (QED) is 0.805. The Balaban J connectivity index is 2.22. The monoisotopic (exact) mass is 249 g/mol. The minimum Gasteiger partial charge on any atom is -0.497 e. The third-order valence-corrected chi connectivity index (χ3v) is 3.48. The van der Waals surface area contributed by atoms with Gasteiger partial charge in [-0.25, -0.2) is 0 Å². The highest BCUT2D eigenvalue weighted by atomic mass is 16.5. The minimum absolute atomic E-state index is 0.422. The molecule has 1 aromatic carbocycles. The van der Waals surface area contributed by atoms with Crippen molar-refractivity contribution in [3.63, 3.8) is 0 Å². The third kappa shape index (κ3) is 2.96. The molecular weight excluding hydrogens is 226 g/mol. The fourth-order valence-electron chi connectivity index (χ4n) is 2.34. The Hall–Kier alpha value is -1.22. The highest BCUT2D eigenvalue weighted by Crippen LogP contribution is 2.44. The minimum atomic E-state index is 0.422. The van der Waals surface area contributed by atoms with E-state index in [0.29, 0.717) is 6.04 Å². The van der Waals surface area contributed by atoms with Crippen LogP contribution in [0.25, 0.3) is 0 Å². The Labute approximate surface area is 109 Å². The molecule has 0 aromatic heterocycles. The van der Waals surface area contributed by atoms with Crippen LogP contribution < -0.4 is 14.8 Å². The van der Waals surface area contributed by atoms with E-state index in [1.165, 1.54) is 18.4 Å². The molecule has 0 aliphatic heterocycles. The van der Waals surface area contributed by atoms with Crippen LogP contribution in [0.15, 0.2) is 18.2 Å². The standard InChI is InChI=1S/C15H23NO2/c1-4-9-16-15(11-5-6-11)13-8-7-12(17-2)10-14(13)18-3/h7-8,10-11,15-16H,4-6,9H2,1-3H3. The van der Waals surface area contributed by atoms with Gasteiger partial charge in [0.05, 0.1) is 14.2 Å². The van der Waals surface area contributed by atoms with Crippen LogP contribution in [-0.4, -0.2) is 20.8 Å². The number of hydrogen-bond donors (Lipinski definition) is 1. The predicted molar refractivity (Wildman–Crippen MR) is 73.3 cm³/mol.